The van der Waals surface area contributed by atoms with Gasteiger partial charge in [-0.2, -0.15) is 0 Å². The van der Waals surface area contributed by atoms with Gasteiger partial charge in [0.2, 0.25) is 0 Å². The van der Waals surface area contributed by atoms with Crippen molar-refractivity contribution in [1.29, 1.82) is 0 Å². The number of rotatable bonds is 4. The third-order valence-corrected chi connectivity index (χ3v) is 3.23. The lowest BCUT2D eigenvalue weighted by molar-refractivity contribution is 0.410. The van der Waals surface area contributed by atoms with Crippen molar-refractivity contribution in [3.63, 3.8) is 0 Å². The molecule has 1 fully saturated rings. The first-order valence-corrected chi connectivity index (χ1v) is 6.05. The molecule has 1 saturated heterocycles. The first-order valence-electron chi connectivity index (χ1n) is 6.05. The van der Waals surface area contributed by atoms with Crippen LogP contribution < -0.4 is 10.1 Å². The lowest BCUT2D eigenvalue weighted by Crippen LogP contribution is -2.28. The van der Waals surface area contributed by atoms with Gasteiger partial charge in [-0.15, -0.1) is 0 Å². The van der Waals surface area contributed by atoms with E-state index in [4.69, 9.17) is 4.74 Å². The number of piperidine rings is 1. The molecule has 87 valence electrons. The highest BCUT2D eigenvalue weighted by molar-refractivity contribution is 5.27. The van der Waals surface area contributed by atoms with Crippen LogP contribution in [-0.2, 0) is 6.42 Å². The molecule has 0 aromatic heterocycles. The standard InChI is InChI=1S/C14H20NO/c1-16-14-6-4-12(5-7-14)2-3-13-8-10-15-11-9-13/h3-7,13,15H,2,8-11H2,1H3. The Morgan fingerprint density at radius 2 is 1.94 bits per heavy atom. The quantitative estimate of drug-likeness (QED) is 0.838. The van der Waals surface area contributed by atoms with Gasteiger partial charge < -0.3 is 10.1 Å². The summed E-state index contributed by atoms with van der Waals surface area (Å²) < 4.78 is 5.15. The van der Waals surface area contributed by atoms with Crippen LogP contribution in [0.3, 0.4) is 0 Å². The molecule has 0 aliphatic carbocycles. The summed E-state index contributed by atoms with van der Waals surface area (Å²) in [6.45, 7) is 2.34. The third kappa shape index (κ3) is 3.24. The molecule has 1 aromatic carbocycles. The second-order valence-corrected chi connectivity index (χ2v) is 4.38. The van der Waals surface area contributed by atoms with Gasteiger partial charge in [0, 0.05) is 0 Å². The third-order valence-electron chi connectivity index (χ3n) is 3.23. The minimum atomic E-state index is 0.795. The maximum absolute atomic E-state index is 5.15. The maximum atomic E-state index is 5.15. The van der Waals surface area contributed by atoms with Crippen LogP contribution in [0.15, 0.2) is 24.3 Å². The molecule has 0 saturated carbocycles. The highest BCUT2D eigenvalue weighted by atomic mass is 16.5. The van der Waals surface area contributed by atoms with Gasteiger partial charge in [0.05, 0.1) is 7.11 Å². The summed E-state index contributed by atoms with van der Waals surface area (Å²) in [6, 6.07) is 8.37. The SMILES string of the molecule is COc1ccc(C[CH]C2CCNCC2)cc1. The summed E-state index contributed by atoms with van der Waals surface area (Å²) in [5.74, 6) is 1.73. The molecule has 0 atom stereocenters. The van der Waals surface area contributed by atoms with Crippen LogP contribution in [0, 0.1) is 12.3 Å². The predicted molar refractivity (Wildman–Crippen MR) is 66.6 cm³/mol. The number of nitrogens with one attached hydrogen (secondary N) is 1. The normalized spacial score (nSPS) is 17.3. The van der Waals surface area contributed by atoms with Crippen molar-refractivity contribution in [2.24, 2.45) is 5.92 Å². The van der Waals surface area contributed by atoms with E-state index in [1.54, 1.807) is 7.11 Å². The first-order chi connectivity index (χ1) is 7.88. The lowest BCUT2D eigenvalue weighted by atomic mass is 9.91. The molecular formula is C14H20NO. The van der Waals surface area contributed by atoms with Gasteiger partial charge in [-0.3, -0.25) is 0 Å². The van der Waals surface area contributed by atoms with Crippen molar-refractivity contribution < 1.29 is 4.74 Å². The van der Waals surface area contributed by atoms with Crippen LogP contribution in [0.4, 0.5) is 0 Å². The Morgan fingerprint density at radius 1 is 1.25 bits per heavy atom. The number of hydrogen-bond acceptors (Lipinski definition) is 2. The summed E-state index contributed by atoms with van der Waals surface area (Å²) in [7, 11) is 1.70. The van der Waals surface area contributed by atoms with Gasteiger partial charge in [-0.05, 0) is 62.4 Å². The fraction of sp³-hybridized carbons (Fsp3) is 0.500. The second-order valence-electron chi connectivity index (χ2n) is 4.38. The molecule has 2 nitrogen and oxygen atoms in total. The molecule has 0 amide bonds. The van der Waals surface area contributed by atoms with E-state index in [9.17, 15) is 0 Å². The zero-order valence-electron chi connectivity index (χ0n) is 9.91. The van der Waals surface area contributed by atoms with E-state index in [-0.39, 0.29) is 0 Å². The molecule has 2 rings (SSSR count). The van der Waals surface area contributed by atoms with Crippen molar-refractivity contribution in [3.8, 4) is 5.75 Å². The summed E-state index contributed by atoms with van der Waals surface area (Å²) >= 11 is 0. The molecule has 1 aliphatic heterocycles. The Hall–Kier alpha value is -1.02. The monoisotopic (exact) mass is 218 g/mol. The van der Waals surface area contributed by atoms with Crippen molar-refractivity contribution in [2.45, 2.75) is 19.3 Å². The van der Waals surface area contributed by atoms with Crippen LogP contribution in [0.2, 0.25) is 0 Å². The van der Waals surface area contributed by atoms with E-state index >= 15 is 0 Å². The summed E-state index contributed by atoms with van der Waals surface area (Å²) in [5.41, 5.74) is 1.37. The van der Waals surface area contributed by atoms with E-state index in [1.165, 1.54) is 31.5 Å². The second kappa shape index (κ2) is 5.90. The molecule has 0 bridgehead atoms. The van der Waals surface area contributed by atoms with Gasteiger partial charge in [0.25, 0.3) is 0 Å². The van der Waals surface area contributed by atoms with E-state index in [1.807, 2.05) is 12.1 Å². The largest absolute Gasteiger partial charge is 0.497 e. The lowest BCUT2D eigenvalue weighted by Gasteiger charge is -2.22. The highest BCUT2D eigenvalue weighted by Crippen LogP contribution is 2.19. The average molecular weight is 218 g/mol. The smallest absolute Gasteiger partial charge is 0.118 e. The van der Waals surface area contributed by atoms with E-state index in [2.05, 4.69) is 23.9 Å². The number of ether oxygens (including phenoxy) is 1. The topological polar surface area (TPSA) is 21.3 Å². The van der Waals surface area contributed by atoms with Crippen molar-refractivity contribution >= 4 is 0 Å². The Kier molecular flexibility index (Phi) is 4.23. The van der Waals surface area contributed by atoms with Crippen molar-refractivity contribution in [1.82, 2.24) is 5.32 Å². The molecule has 1 aromatic rings. The van der Waals surface area contributed by atoms with Crippen LogP contribution in [-0.4, -0.2) is 20.2 Å². The van der Waals surface area contributed by atoms with Crippen LogP contribution >= 0.6 is 0 Å². The minimum Gasteiger partial charge on any atom is -0.497 e. The molecule has 1 aliphatic rings. The van der Waals surface area contributed by atoms with Gasteiger partial charge >= 0.3 is 0 Å². The Bertz CT molecular complexity index is 301. The summed E-state index contributed by atoms with van der Waals surface area (Å²) in [5, 5.41) is 3.39. The number of hydrogen-bond donors (Lipinski definition) is 1. The highest BCUT2D eigenvalue weighted by Gasteiger charge is 2.12. The summed E-state index contributed by atoms with van der Waals surface area (Å²) in [6.07, 6.45) is 6.11. The fourth-order valence-corrected chi connectivity index (χ4v) is 2.14. The summed E-state index contributed by atoms with van der Waals surface area (Å²) in [4.78, 5) is 0. The molecule has 0 unspecified atom stereocenters. The molecule has 1 heterocycles. The van der Waals surface area contributed by atoms with E-state index in [0.29, 0.717) is 0 Å². The molecule has 16 heavy (non-hydrogen) atoms. The molecule has 1 N–H and O–H groups in total. The van der Waals surface area contributed by atoms with Crippen LogP contribution in [0.1, 0.15) is 18.4 Å². The Balaban J connectivity index is 1.79. The van der Waals surface area contributed by atoms with Crippen molar-refractivity contribution in [2.75, 3.05) is 20.2 Å². The number of benzene rings is 1. The van der Waals surface area contributed by atoms with E-state index in [0.717, 1.165) is 18.1 Å². The number of methoxy groups -OCH3 is 1. The predicted octanol–water partition coefficient (Wildman–Crippen LogP) is 2.44. The first kappa shape index (κ1) is 11.5. The van der Waals surface area contributed by atoms with Gasteiger partial charge in [-0.25, -0.2) is 0 Å². The van der Waals surface area contributed by atoms with Crippen LogP contribution in [0.5, 0.6) is 5.75 Å². The molecule has 1 radical (unpaired) electrons. The Labute approximate surface area is 98.0 Å². The average Bonchev–Trinajstić information content (AvgIpc) is 2.38. The molecular weight excluding hydrogens is 198 g/mol. The van der Waals surface area contributed by atoms with Gasteiger partial charge in [0.15, 0.2) is 0 Å². The minimum absolute atomic E-state index is 0.795. The zero-order chi connectivity index (χ0) is 11.2. The van der Waals surface area contributed by atoms with Gasteiger partial charge in [0.1, 0.15) is 5.75 Å². The van der Waals surface area contributed by atoms with Crippen LogP contribution in [0.25, 0.3) is 0 Å². The van der Waals surface area contributed by atoms with Crippen molar-refractivity contribution in [3.05, 3.63) is 36.2 Å². The molecule has 2 heteroatoms. The maximum Gasteiger partial charge on any atom is 0.118 e. The molecule has 0 spiro atoms. The Morgan fingerprint density at radius 3 is 2.56 bits per heavy atom. The fourth-order valence-electron chi connectivity index (χ4n) is 2.14. The van der Waals surface area contributed by atoms with Gasteiger partial charge in [-0.1, -0.05) is 12.1 Å². The van der Waals surface area contributed by atoms with E-state index < -0.39 is 0 Å². The zero-order valence-corrected chi connectivity index (χ0v) is 9.91.